The highest BCUT2D eigenvalue weighted by Crippen LogP contribution is 2.39. The highest BCUT2D eigenvalue weighted by atomic mass is 16.6. The summed E-state index contributed by atoms with van der Waals surface area (Å²) >= 11 is 0. The Morgan fingerprint density at radius 1 is 0.944 bits per heavy atom. The first kappa shape index (κ1) is 12.9. The van der Waals surface area contributed by atoms with E-state index in [9.17, 15) is 9.59 Å². The van der Waals surface area contributed by atoms with Crippen molar-refractivity contribution in [3.8, 4) is 0 Å². The van der Waals surface area contributed by atoms with Gasteiger partial charge < -0.3 is 9.47 Å². The lowest BCUT2D eigenvalue weighted by molar-refractivity contribution is -0.151. The average Bonchev–Trinajstić information content (AvgIpc) is 2.65. The van der Waals surface area contributed by atoms with Gasteiger partial charge >= 0.3 is 11.9 Å². The van der Waals surface area contributed by atoms with Crippen LogP contribution in [0.1, 0.15) is 39.5 Å². The van der Waals surface area contributed by atoms with Crippen LogP contribution in [-0.4, -0.2) is 23.1 Å². The van der Waals surface area contributed by atoms with Crippen LogP contribution in [0.2, 0.25) is 0 Å². The first-order valence-corrected chi connectivity index (χ1v) is 6.05. The molecule has 0 radical (unpaired) electrons. The zero-order valence-corrected chi connectivity index (χ0v) is 10.9. The lowest BCUT2D eigenvalue weighted by Crippen LogP contribution is -2.31. The highest BCUT2D eigenvalue weighted by Gasteiger charge is 2.43. The SMILES string of the molecule is C=C1C[C@@](C)(CC[C@]2(C)CC(=C)C(=O)O2)OC1=O. The summed E-state index contributed by atoms with van der Waals surface area (Å²) in [5.74, 6) is -0.647. The summed E-state index contributed by atoms with van der Waals surface area (Å²) in [4.78, 5) is 22.7. The Labute approximate surface area is 107 Å². The molecule has 4 heteroatoms. The van der Waals surface area contributed by atoms with Gasteiger partial charge in [0.15, 0.2) is 0 Å². The maximum absolute atomic E-state index is 11.3. The van der Waals surface area contributed by atoms with Crippen molar-refractivity contribution < 1.29 is 19.1 Å². The zero-order chi connectivity index (χ0) is 13.6. The second-order valence-electron chi connectivity index (χ2n) is 5.74. The molecule has 2 aliphatic rings. The Kier molecular flexibility index (Phi) is 2.84. The molecular weight excluding hydrogens is 232 g/mol. The molecule has 0 unspecified atom stereocenters. The Morgan fingerprint density at radius 3 is 1.50 bits per heavy atom. The summed E-state index contributed by atoms with van der Waals surface area (Å²) in [6, 6.07) is 0. The zero-order valence-electron chi connectivity index (χ0n) is 10.9. The van der Waals surface area contributed by atoms with E-state index in [0.29, 0.717) is 36.8 Å². The topological polar surface area (TPSA) is 52.6 Å². The van der Waals surface area contributed by atoms with Crippen molar-refractivity contribution in [2.75, 3.05) is 0 Å². The van der Waals surface area contributed by atoms with E-state index in [-0.39, 0.29) is 11.9 Å². The number of hydrogen-bond donors (Lipinski definition) is 0. The van der Waals surface area contributed by atoms with Crippen LogP contribution in [0.5, 0.6) is 0 Å². The van der Waals surface area contributed by atoms with Crippen molar-refractivity contribution in [2.45, 2.75) is 50.7 Å². The summed E-state index contributed by atoms with van der Waals surface area (Å²) < 4.78 is 10.6. The normalized spacial score (nSPS) is 35.9. The molecule has 0 amide bonds. The van der Waals surface area contributed by atoms with Gasteiger partial charge in [0.2, 0.25) is 0 Å². The fourth-order valence-electron chi connectivity index (χ4n) is 2.52. The van der Waals surface area contributed by atoms with Crippen molar-refractivity contribution in [2.24, 2.45) is 0 Å². The number of cyclic esters (lactones) is 2. The minimum Gasteiger partial charge on any atom is -0.456 e. The van der Waals surface area contributed by atoms with E-state index >= 15 is 0 Å². The molecule has 2 heterocycles. The Hall–Kier alpha value is -1.58. The third kappa shape index (κ3) is 2.33. The molecule has 2 rings (SSSR count). The lowest BCUT2D eigenvalue weighted by atomic mass is 9.87. The minimum absolute atomic E-state index is 0.324. The van der Waals surface area contributed by atoms with Crippen LogP contribution in [0, 0.1) is 0 Å². The summed E-state index contributed by atoms with van der Waals surface area (Å²) in [5.41, 5.74) is -0.0213. The third-order valence-corrected chi connectivity index (χ3v) is 3.61. The van der Waals surface area contributed by atoms with Gasteiger partial charge in [0.1, 0.15) is 11.2 Å². The van der Waals surface area contributed by atoms with Gasteiger partial charge in [-0.3, -0.25) is 0 Å². The van der Waals surface area contributed by atoms with Gasteiger partial charge in [-0.15, -0.1) is 0 Å². The minimum atomic E-state index is -0.520. The van der Waals surface area contributed by atoms with E-state index in [1.54, 1.807) is 0 Å². The molecule has 18 heavy (non-hydrogen) atoms. The van der Waals surface area contributed by atoms with Gasteiger partial charge in [0.25, 0.3) is 0 Å². The predicted octanol–water partition coefficient (Wildman–Crippen LogP) is 2.29. The number of carbonyl (C=O) groups excluding carboxylic acids is 2. The van der Waals surface area contributed by atoms with Crippen molar-refractivity contribution in [3.05, 3.63) is 24.3 Å². The summed E-state index contributed by atoms with van der Waals surface area (Å²) in [5, 5.41) is 0. The molecule has 0 aromatic heterocycles. The monoisotopic (exact) mass is 250 g/mol. The van der Waals surface area contributed by atoms with Crippen LogP contribution in [0.25, 0.3) is 0 Å². The van der Waals surface area contributed by atoms with E-state index in [2.05, 4.69) is 13.2 Å². The molecule has 0 aromatic carbocycles. The van der Waals surface area contributed by atoms with E-state index in [1.165, 1.54) is 0 Å². The lowest BCUT2D eigenvalue weighted by Gasteiger charge is -2.28. The Balaban J connectivity index is 1.97. The van der Waals surface area contributed by atoms with Crippen molar-refractivity contribution in [1.82, 2.24) is 0 Å². The molecule has 0 spiro atoms. The van der Waals surface area contributed by atoms with Gasteiger partial charge in [-0.05, 0) is 26.7 Å². The first-order chi connectivity index (χ1) is 8.23. The molecule has 4 nitrogen and oxygen atoms in total. The molecule has 0 N–H and O–H groups in total. The van der Waals surface area contributed by atoms with Crippen molar-refractivity contribution >= 4 is 11.9 Å². The van der Waals surface area contributed by atoms with Gasteiger partial charge in [0.05, 0.1) is 0 Å². The number of ether oxygens (including phenoxy) is 2. The van der Waals surface area contributed by atoms with Crippen LogP contribution in [0.3, 0.4) is 0 Å². The fourth-order valence-corrected chi connectivity index (χ4v) is 2.52. The van der Waals surface area contributed by atoms with Gasteiger partial charge in [-0.25, -0.2) is 9.59 Å². The van der Waals surface area contributed by atoms with Crippen molar-refractivity contribution in [1.29, 1.82) is 0 Å². The maximum atomic E-state index is 11.3. The molecular formula is C14H18O4. The largest absolute Gasteiger partial charge is 0.456 e. The maximum Gasteiger partial charge on any atom is 0.334 e. The van der Waals surface area contributed by atoms with Crippen LogP contribution in [0.4, 0.5) is 0 Å². The molecule has 0 aromatic rings. The molecule has 2 saturated heterocycles. The average molecular weight is 250 g/mol. The van der Waals surface area contributed by atoms with Crippen LogP contribution in [0.15, 0.2) is 24.3 Å². The van der Waals surface area contributed by atoms with Gasteiger partial charge in [0, 0.05) is 24.0 Å². The molecule has 2 fully saturated rings. The Morgan fingerprint density at radius 2 is 1.28 bits per heavy atom. The molecule has 2 atom stereocenters. The number of rotatable bonds is 3. The summed E-state index contributed by atoms with van der Waals surface area (Å²) in [7, 11) is 0. The number of esters is 2. The standard InChI is InChI=1S/C14H18O4/c1-9-7-13(3,17-11(9)15)5-6-14(4)8-10(2)12(16)18-14/h1-2,5-8H2,3-4H3/t13-,14-/m1/s1. The molecule has 98 valence electrons. The third-order valence-electron chi connectivity index (χ3n) is 3.61. The molecule has 2 aliphatic heterocycles. The van der Waals surface area contributed by atoms with Gasteiger partial charge in [-0.2, -0.15) is 0 Å². The second-order valence-corrected chi connectivity index (χ2v) is 5.74. The van der Waals surface area contributed by atoms with E-state index < -0.39 is 11.2 Å². The van der Waals surface area contributed by atoms with Crippen LogP contribution >= 0.6 is 0 Å². The van der Waals surface area contributed by atoms with Crippen LogP contribution in [-0.2, 0) is 19.1 Å². The predicted molar refractivity (Wildman–Crippen MR) is 65.7 cm³/mol. The smallest absolute Gasteiger partial charge is 0.334 e. The Bertz CT molecular complexity index is 373. The van der Waals surface area contributed by atoms with E-state index in [4.69, 9.17) is 9.47 Å². The summed E-state index contributed by atoms with van der Waals surface area (Å²) in [6.45, 7) is 11.1. The second kappa shape index (κ2) is 3.97. The summed E-state index contributed by atoms with van der Waals surface area (Å²) in [6.07, 6.45) is 2.37. The van der Waals surface area contributed by atoms with E-state index in [1.807, 2.05) is 13.8 Å². The highest BCUT2D eigenvalue weighted by molar-refractivity contribution is 5.91. The number of carbonyl (C=O) groups is 2. The number of hydrogen-bond acceptors (Lipinski definition) is 4. The van der Waals surface area contributed by atoms with Crippen molar-refractivity contribution in [3.63, 3.8) is 0 Å². The molecule has 0 saturated carbocycles. The van der Waals surface area contributed by atoms with Gasteiger partial charge in [-0.1, -0.05) is 13.2 Å². The molecule has 0 aliphatic carbocycles. The fraction of sp³-hybridized carbons (Fsp3) is 0.571. The van der Waals surface area contributed by atoms with E-state index in [0.717, 1.165) is 0 Å². The first-order valence-electron chi connectivity index (χ1n) is 6.05. The quantitative estimate of drug-likeness (QED) is 0.569. The van der Waals surface area contributed by atoms with Crippen LogP contribution < -0.4 is 0 Å². The molecule has 0 bridgehead atoms.